The molecule has 0 radical (unpaired) electrons. The van der Waals surface area contributed by atoms with E-state index in [1.165, 1.54) is 27.7 Å². The quantitative estimate of drug-likeness (QED) is 0.608. The summed E-state index contributed by atoms with van der Waals surface area (Å²) < 4.78 is 0. The lowest BCUT2D eigenvalue weighted by atomic mass is 10.6. The average Bonchev–Trinajstić information content (AvgIpc) is 1.85. The fourth-order valence-electron chi connectivity index (χ4n) is 0. The van der Waals surface area contributed by atoms with E-state index in [2.05, 4.69) is 6.58 Å². The van der Waals surface area contributed by atoms with Gasteiger partial charge in [-0.25, -0.2) is 0 Å². The van der Waals surface area contributed by atoms with E-state index in [1.54, 1.807) is 6.08 Å². The molecule has 3 nitrogen and oxygen atoms in total. The molecular weight excluding hydrogens is 154 g/mol. The molecule has 12 heavy (non-hydrogen) atoms. The molecule has 0 fully saturated rings. The first-order valence-corrected chi connectivity index (χ1v) is 3.63. The van der Waals surface area contributed by atoms with E-state index in [4.69, 9.17) is 5.73 Å². The molecule has 0 aromatic heterocycles. The van der Waals surface area contributed by atoms with Crippen LogP contribution in [0.2, 0.25) is 0 Å². The minimum Gasteiger partial charge on any atom is -0.327 e. The van der Waals surface area contributed by atoms with Crippen molar-refractivity contribution in [3.05, 3.63) is 12.7 Å². The van der Waals surface area contributed by atoms with Crippen molar-refractivity contribution in [1.29, 1.82) is 0 Å². The summed E-state index contributed by atoms with van der Waals surface area (Å²) in [5.41, 5.74) is 4.91. The lowest BCUT2D eigenvalue weighted by molar-refractivity contribution is -0.115. The Kier molecular flexibility index (Phi) is 23.8. The van der Waals surface area contributed by atoms with Gasteiger partial charge in [0.2, 0.25) is 0 Å². The Balaban J connectivity index is -0.000000101. The van der Waals surface area contributed by atoms with Crippen LogP contribution in [0.15, 0.2) is 12.7 Å². The first kappa shape index (κ1) is 17.2. The number of Topliss-reactive ketones (excluding diaryl/α,β-unsaturated/α-hetero) is 2. The van der Waals surface area contributed by atoms with Crippen molar-refractivity contribution < 1.29 is 9.59 Å². The number of nitrogens with two attached hydrogens (primary N) is 1. The highest BCUT2D eigenvalue weighted by Crippen LogP contribution is 1.50. The maximum atomic E-state index is 9.44. The third kappa shape index (κ3) is 365000. The number of carbonyl (C=O) groups excluding carboxylic acids is 2. The largest absolute Gasteiger partial charge is 0.327 e. The van der Waals surface area contributed by atoms with Crippen molar-refractivity contribution in [3.63, 3.8) is 0 Å². The molecule has 72 valence electrons. The van der Waals surface area contributed by atoms with Gasteiger partial charge in [-0.05, 0) is 27.7 Å². The first-order chi connectivity index (χ1) is 5.38. The molecule has 0 amide bonds. The van der Waals surface area contributed by atoms with Gasteiger partial charge in [0.1, 0.15) is 11.6 Å². The van der Waals surface area contributed by atoms with Gasteiger partial charge in [0.15, 0.2) is 0 Å². The van der Waals surface area contributed by atoms with Gasteiger partial charge in [0.05, 0.1) is 0 Å². The van der Waals surface area contributed by atoms with E-state index in [0.29, 0.717) is 6.54 Å². The summed E-state index contributed by atoms with van der Waals surface area (Å²) >= 11 is 0. The van der Waals surface area contributed by atoms with Gasteiger partial charge in [-0.3, -0.25) is 0 Å². The Morgan fingerprint density at radius 2 is 1.25 bits per heavy atom. The van der Waals surface area contributed by atoms with Crippen LogP contribution in [-0.4, -0.2) is 18.1 Å². The second-order valence-electron chi connectivity index (χ2n) is 2.34. The van der Waals surface area contributed by atoms with Crippen LogP contribution >= 0.6 is 0 Å². The SMILES string of the molecule is C=CCN.CC(C)=O.CC(C)=O. The van der Waals surface area contributed by atoms with Crippen LogP contribution in [0.4, 0.5) is 0 Å². The minimum atomic E-state index is 0.167. The van der Waals surface area contributed by atoms with Gasteiger partial charge >= 0.3 is 0 Å². The topological polar surface area (TPSA) is 60.2 Å². The van der Waals surface area contributed by atoms with Crippen molar-refractivity contribution in [1.82, 2.24) is 0 Å². The fraction of sp³-hybridized carbons (Fsp3) is 0.556. The molecule has 0 aromatic carbocycles. The molecule has 3 heteroatoms. The van der Waals surface area contributed by atoms with E-state index < -0.39 is 0 Å². The van der Waals surface area contributed by atoms with Crippen molar-refractivity contribution in [2.75, 3.05) is 6.54 Å². The smallest absolute Gasteiger partial charge is 0.126 e. The Morgan fingerprint density at radius 1 is 1.17 bits per heavy atom. The van der Waals surface area contributed by atoms with Crippen LogP contribution in [0.5, 0.6) is 0 Å². The molecule has 0 atom stereocenters. The summed E-state index contributed by atoms with van der Waals surface area (Å²) in [6, 6.07) is 0. The second kappa shape index (κ2) is 16.6. The average molecular weight is 173 g/mol. The summed E-state index contributed by atoms with van der Waals surface area (Å²) in [5.74, 6) is 0.333. The van der Waals surface area contributed by atoms with E-state index >= 15 is 0 Å². The number of ketones is 2. The van der Waals surface area contributed by atoms with Crippen molar-refractivity contribution >= 4 is 11.6 Å². The molecule has 0 aromatic rings. The Hall–Kier alpha value is -0.960. The molecule has 0 aliphatic carbocycles. The molecule has 0 aliphatic heterocycles. The molecule has 0 rings (SSSR count). The third-order valence-corrected chi connectivity index (χ3v) is 0.167. The summed E-state index contributed by atoms with van der Waals surface area (Å²) in [6.07, 6.45) is 1.65. The predicted octanol–water partition coefficient (Wildman–Crippen LogP) is 1.32. The van der Waals surface area contributed by atoms with E-state index in [1.807, 2.05) is 0 Å². The molecule has 0 bridgehead atoms. The lowest BCUT2D eigenvalue weighted by Crippen LogP contribution is -1.90. The zero-order valence-electron chi connectivity index (χ0n) is 8.39. The number of hydrogen-bond donors (Lipinski definition) is 1. The van der Waals surface area contributed by atoms with Gasteiger partial charge in [-0.15, -0.1) is 6.58 Å². The third-order valence-electron chi connectivity index (χ3n) is 0.167. The second-order valence-corrected chi connectivity index (χ2v) is 2.34. The van der Waals surface area contributed by atoms with Gasteiger partial charge in [0, 0.05) is 6.54 Å². The highest BCUT2D eigenvalue weighted by Gasteiger charge is 1.62. The summed E-state index contributed by atoms with van der Waals surface area (Å²) in [6.45, 7) is 10.0. The standard InChI is InChI=1S/C3H7N.2C3H6O/c1-2-3-4;2*1-3(2)4/h2H,1,3-4H2;2*1-2H3. The molecule has 2 N–H and O–H groups in total. The Labute approximate surface area is 74.6 Å². The Bertz CT molecular complexity index is 110. The van der Waals surface area contributed by atoms with Gasteiger partial charge < -0.3 is 15.3 Å². The summed E-state index contributed by atoms with van der Waals surface area (Å²) in [7, 11) is 0. The van der Waals surface area contributed by atoms with Gasteiger partial charge in [-0.2, -0.15) is 0 Å². The van der Waals surface area contributed by atoms with Crippen LogP contribution in [0.3, 0.4) is 0 Å². The number of carbonyl (C=O) groups is 2. The van der Waals surface area contributed by atoms with Crippen LogP contribution in [0, 0.1) is 0 Å². The van der Waals surface area contributed by atoms with Gasteiger partial charge in [0.25, 0.3) is 0 Å². The van der Waals surface area contributed by atoms with Crippen molar-refractivity contribution in [2.24, 2.45) is 5.73 Å². The van der Waals surface area contributed by atoms with E-state index in [9.17, 15) is 9.59 Å². The zero-order valence-corrected chi connectivity index (χ0v) is 8.39. The van der Waals surface area contributed by atoms with E-state index in [0.717, 1.165) is 0 Å². The molecule has 0 unspecified atom stereocenters. The maximum Gasteiger partial charge on any atom is 0.126 e. The zero-order chi connectivity index (χ0) is 10.6. The van der Waals surface area contributed by atoms with E-state index in [-0.39, 0.29) is 11.6 Å². The highest BCUT2D eigenvalue weighted by atomic mass is 16.1. The molecule has 0 aliphatic rings. The molecule has 0 spiro atoms. The fourth-order valence-corrected chi connectivity index (χ4v) is 0. The molecule has 0 heterocycles. The normalized spacial score (nSPS) is 6.42. The summed E-state index contributed by atoms with van der Waals surface area (Å²) in [4.78, 5) is 18.9. The first-order valence-electron chi connectivity index (χ1n) is 3.63. The minimum absolute atomic E-state index is 0.167. The monoisotopic (exact) mass is 173 g/mol. The van der Waals surface area contributed by atoms with Crippen LogP contribution < -0.4 is 5.73 Å². The van der Waals surface area contributed by atoms with Crippen LogP contribution in [0.25, 0.3) is 0 Å². The lowest BCUT2D eigenvalue weighted by Gasteiger charge is -1.61. The van der Waals surface area contributed by atoms with Crippen molar-refractivity contribution in [2.45, 2.75) is 27.7 Å². The number of rotatable bonds is 1. The Morgan fingerprint density at radius 3 is 1.25 bits per heavy atom. The highest BCUT2D eigenvalue weighted by molar-refractivity contribution is 5.72. The number of hydrogen-bond acceptors (Lipinski definition) is 3. The summed E-state index contributed by atoms with van der Waals surface area (Å²) in [5, 5.41) is 0. The van der Waals surface area contributed by atoms with Crippen LogP contribution in [0.1, 0.15) is 27.7 Å². The molecular formula is C9H19NO2. The molecule has 0 saturated carbocycles. The van der Waals surface area contributed by atoms with Crippen LogP contribution in [-0.2, 0) is 9.59 Å². The molecule has 0 saturated heterocycles. The predicted molar refractivity (Wildman–Crippen MR) is 52.0 cm³/mol. The van der Waals surface area contributed by atoms with Gasteiger partial charge in [-0.1, -0.05) is 6.08 Å². The van der Waals surface area contributed by atoms with Crippen molar-refractivity contribution in [3.8, 4) is 0 Å². The maximum absolute atomic E-state index is 9.44.